The van der Waals surface area contributed by atoms with E-state index in [0.29, 0.717) is 6.42 Å². The van der Waals surface area contributed by atoms with Crippen molar-refractivity contribution in [1.82, 2.24) is 24.9 Å². The third kappa shape index (κ3) is 2.01. The highest BCUT2D eigenvalue weighted by Gasteiger charge is 2.52. The Balaban J connectivity index is 2.26. The van der Waals surface area contributed by atoms with Gasteiger partial charge in [-0.3, -0.25) is 14.7 Å². The Morgan fingerprint density at radius 2 is 2.29 bits per heavy atom. The van der Waals surface area contributed by atoms with Crippen molar-refractivity contribution in [1.29, 1.82) is 0 Å². The number of hydrogen-bond acceptors (Lipinski definition) is 5. The minimum atomic E-state index is -0.818. The molecule has 0 bridgehead atoms. The van der Waals surface area contributed by atoms with Gasteiger partial charge in [0.25, 0.3) is 0 Å². The lowest BCUT2D eigenvalue weighted by Gasteiger charge is -2.48. The van der Waals surface area contributed by atoms with Crippen molar-refractivity contribution >= 4 is 5.91 Å². The number of piperidine rings is 1. The molecule has 1 aliphatic heterocycles. The standard InChI is InChI=1S/C14H18N6O/c1-19-9-4-5-11(13(15)21)14(19,20-10-8-17-18-20)12-6-2-3-7-16-12/h2-3,6-8,10-11H,4-5,9H2,1H3,(H2,15,21). The van der Waals surface area contributed by atoms with Crippen molar-refractivity contribution in [3.05, 3.63) is 42.5 Å². The fourth-order valence-corrected chi connectivity index (χ4v) is 3.31. The number of nitrogens with two attached hydrogens (primary N) is 1. The van der Waals surface area contributed by atoms with Gasteiger partial charge < -0.3 is 5.73 Å². The molecule has 0 aromatic carbocycles. The summed E-state index contributed by atoms with van der Waals surface area (Å²) in [7, 11) is 1.96. The van der Waals surface area contributed by atoms with Gasteiger partial charge in [-0.05, 0) is 32.0 Å². The van der Waals surface area contributed by atoms with Gasteiger partial charge in [-0.25, -0.2) is 4.68 Å². The van der Waals surface area contributed by atoms with Gasteiger partial charge in [0.1, 0.15) is 0 Å². The lowest BCUT2D eigenvalue weighted by Crippen LogP contribution is -2.61. The Bertz CT molecular complexity index is 614. The maximum atomic E-state index is 12.1. The van der Waals surface area contributed by atoms with Crippen LogP contribution in [0.25, 0.3) is 0 Å². The first-order valence-corrected chi connectivity index (χ1v) is 6.96. The van der Waals surface area contributed by atoms with Crippen molar-refractivity contribution < 1.29 is 4.79 Å². The topological polar surface area (TPSA) is 89.9 Å². The number of rotatable bonds is 3. The lowest BCUT2D eigenvalue weighted by molar-refractivity contribution is -0.133. The summed E-state index contributed by atoms with van der Waals surface area (Å²) in [6, 6.07) is 5.65. The number of nitrogens with zero attached hydrogens (tertiary/aromatic N) is 5. The number of likely N-dealkylation sites (tertiary alicyclic amines) is 1. The number of aromatic nitrogens is 4. The van der Waals surface area contributed by atoms with Gasteiger partial charge in [0.2, 0.25) is 5.91 Å². The quantitative estimate of drug-likeness (QED) is 0.870. The molecule has 7 nitrogen and oxygen atoms in total. The number of amides is 1. The van der Waals surface area contributed by atoms with Gasteiger partial charge in [0.05, 0.1) is 17.8 Å². The summed E-state index contributed by atoms with van der Waals surface area (Å²) in [5, 5.41) is 8.05. The molecule has 2 unspecified atom stereocenters. The van der Waals surface area contributed by atoms with Crippen molar-refractivity contribution in [3.8, 4) is 0 Å². The minimum Gasteiger partial charge on any atom is -0.369 e. The molecule has 3 heterocycles. The van der Waals surface area contributed by atoms with E-state index < -0.39 is 11.6 Å². The van der Waals surface area contributed by atoms with Crippen LogP contribution in [-0.2, 0) is 10.5 Å². The van der Waals surface area contributed by atoms with E-state index in [0.717, 1.165) is 18.7 Å². The third-order valence-electron chi connectivity index (χ3n) is 4.21. The van der Waals surface area contributed by atoms with Crippen LogP contribution in [0.4, 0.5) is 0 Å². The fraction of sp³-hybridized carbons (Fsp3) is 0.429. The Morgan fingerprint density at radius 1 is 1.43 bits per heavy atom. The van der Waals surface area contributed by atoms with E-state index >= 15 is 0 Å². The number of carbonyl (C=O) groups excluding carboxylic acids is 1. The lowest BCUT2D eigenvalue weighted by atomic mass is 9.80. The summed E-state index contributed by atoms with van der Waals surface area (Å²) in [5.41, 5.74) is 5.63. The van der Waals surface area contributed by atoms with E-state index in [1.165, 1.54) is 0 Å². The third-order valence-corrected chi connectivity index (χ3v) is 4.21. The largest absolute Gasteiger partial charge is 0.369 e. The molecular formula is C14H18N6O. The van der Waals surface area contributed by atoms with Gasteiger partial charge in [-0.2, -0.15) is 0 Å². The molecule has 2 atom stereocenters. The van der Waals surface area contributed by atoms with Crippen LogP contribution in [0.15, 0.2) is 36.8 Å². The number of carbonyl (C=O) groups is 1. The summed E-state index contributed by atoms with van der Waals surface area (Å²) >= 11 is 0. The average molecular weight is 286 g/mol. The van der Waals surface area contributed by atoms with Gasteiger partial charge in [-0.1, -0.05) is 11.3 Å². The molecule has 7 heteroatoms. The molecule has 2 aromatic heterocycles. The van der Waals surface area contributed by atoms with Crippen LogP contribution in [0, 0.1) is 5.92 Å². The minimum absolute atomic E-state index is 0.345. The Kier molecular flexibility index (Phi) is 3.42. The molecule has 0 spiro atoms. The normalized spacial score (nSPS) is 26.6. The second-order valence-electron chi connectivity index (χ2n) is 5.31. The first-order chi connectivity index (χ1) is 10.2. The highest BCUT2D eigenvalue weighted by molar-refractivity contribution is 5.78. The van der Waals surface area contributed by atoms with Crippen molar-refractivity contribution in [2.24, 2.45) is 11.7 Å². The molecule has 110 valence electrons. The van der Waals surface area contributed by atoms with Crippen LogP contribution in [0.1, 0.15) is 18.5 Å². The van der Waals surface area contributed by atoms with Gasteiger partial charge in [-0.15, -0.1) is 5.10 Å². The second kappa shape index (κ2) is 5.25. The number of primary amides is 1. The zero-order valence-corrected chi connectivity index (χ0v) is 11.9. The summed E-state index contributed by atoms with van der Waals surface area (Å²) < 4.78 is 1.70. The average Bonchev–Trinajstić information content (AvgIpc) is 3.02. The molecule has 0 aliphatic carbocycles. The fourth-order valence-electron chi connectivity index (χ4n) is 3.31. The highest BCUT2D eigenvalue weighted by Crippen LogP contribution is 2.41. The predicted molar refractivity (Wildman–Crippen MR) is 75.9 cm³/mol. The van der Waals surface area contributed by atoms with Crippen LogP contribution >= 0.6 is 0 Å². The van der Waals surface area contributed by atoms with E-state index in [1.807, 2.05) is 25.2 Å². The smallest absolute Gasteiger partial charge is 0.224 e. The second-order valence-corrected chi connectivity index (χ2v) is 5.31. The molecule has 0 radical (unpaired) electrons. The molecular weight excluding hydrogens is 268 g/mol. The molecule has 3 rings (SSSR count). The summed E-state index contributed by atoms with van der Waals surface area (Å²) in [5.74, 6) is -0.754. The monoisotopic (exact) mass is 286 g/mol. The van der Waals surface area contributed by atoms with Crippen molar-refractivity contribution in [2.75, 3.05) is 13.6 Å². The molecule has 2 aromatic rings. The number of hydrogen-bond donors (Lipinski definition) is 1. The van der Waals surface area contributed by atoms with E-state index in [2.05, 4.69) is 20.2 Å². The Hall–Kier alpha value is -2.28. The molecule has 2 N–H and O–H groups in total. The van der Waals surface area contributed by atoms with Crippen molar-refractivity contribution in [3.63, 3.8) is 0 Å². The first-order valence-electron chi connectivity index (χ1n) is 6.96. The maximum absolute atomic E-state index is 12.1. The zero-order chi connectivity index (χ0) is 14.9. The van der Waals surface area contributed by atoms with Gasteiger partial charge >= 0.3 is 0 Å². The van der Waals surface area contributed by atoms with E-state index in [1.54, 1.807) is 23.3 Å². The van der Waals surface area contributed by atoms with E-state index in [-0.39, 0.29) is 5.91 Å². The molecule has 21 heavy (non-hydrogen) atoms. The van der Waals surface area contributed by atoms with Gasteiger partial charge in [0, 0.05) is 18.9 Å². The van der Waals surface area contributed by atoms with Gasteiger partial charge in [0.15, 0.2) is 5.66 Å². The Morgan fingerprint density at radius 3 is 2.90 bits per heavy atom. The van der Waals surface area contributed by atoms with Crippen LogP contribution in [0.5, 0.6) is 0 Å². The summed E-state index contributed by atoms with van der Waals surface area (Å²) in [4.78, 5) is 18.7. The molecule has 1 aliphatic rings. The van der Waals surface area contributed by atoms with E-state index in [4.69, 9.17) is 5.73 Å². The first kappa shape index (κ1) is 13.7. The number of pyridine rings is 1. The SMILES string of the molecule is CN1CCCC(C(N)=O)C1(c1ccccn1)n1ccnn1. The molecule has 1 fully saturated rings. The van der Waals surface area contributed by atoms with Crippen molar-refractivity contribution in [2.45, 2.75) is 18.5 Å². The summed E-state index contributed by atoms with van der Waals surface area (Å²) in [6.07, 6.45) is 6.69. The van der Waals surface area contributed by atoms with E-state index in [9.17, 15) is 4.79 Å². The highest BCUT2D eigenvalue weighted by atomic mass is 16.1. The van der Waals surface area contributed by atoms with Crippen LogP contribution < -0.4 is 5.73 Å². The molecule has 1 amide bonds. The molecule has 1 saturated heterocycles. The zero-order valence-electron chi connectivity index (χ0n) is 11.9. The summed E-state index contributed by atoms with van der Waals surface area (Å²) in [6.45, 7) is 0.834. The predicted octanol–water partition coefficient (Wildman–Crippen LogP) is 0.201. The Labute approximate surface area is 122 Å². The van der Waals surface area contributed by atoms with Crippen LogP contribution in [-0.4, -0.2) is 44.4 Å². The van der Waals surface area contributed by atoms with Crippen LogP contribution in [0.2, 0.25) is 0 Å². The van der Waals surface area contributed by atoms with Crippen LogP contribution in [0.3, 0.4) is 0 Å². The molecule has 0 saturated carbocycles. The maximum Gasteiger partial charge on any atom is 0.224 e.